The molecular weight excluding hydrogens is 275 g/mol. The molecule has 2 aromatic rings. The molecule has 0 N–H and O–H groups in total. The van der Waals surface area contributed by atoms with Crippen molar-refractivity contribution < 1.29 is 13.9 Å². The minimum atomic E-state index is -0.513. The molecule has 3 rings (SSSR count). The topological polar surface area (TPSA) is 68.2 Å². The van der Waals surface area contributed by atoms with Crippen LogP contribution >= 0.6 is 0 Å². The number of hydrogen-bond acceptors (Lipinski definition) is 5. The average Bonchev–Trinajstić information content (AvgIpc) is 2.98. The zero-order valence-electron chi connectivity index (χ0n) is 11.1. The highest BCUT2D eigenvalue weighted by Gasteiger charge is 2.29. The third kappa shape index (κ3) is 3.13. The highest BCUT2D eigenvalue weighted by atomic mass is 19.1. The zero-order chi connectivity index (χ0) is 14.7. The third-order valence-electron chi connectivity index (χ3n) is 3.18. The van der Waals surface area contributed by atoms with Crippen molar-refractivity contribution in [2.24, 2.45) is 0 Å². The van der Waals surface area contributed by atoms with Gasteiger partial charge >= 0.3 is 6.01 Å². The third-order valence-corrected chi connectivity index (χ3v) is 3.18. The van der Waals surface area contributed by atoms with Gasteiger partial charge in [-0.1, -0.05) is 6.07 Å². The first-order chi connectivity index (χ1) is 10.2. The number of ether oxygens (including phenoxy) is 1. The second-order valence-corrected chi connectivity index (χ2v) is 4.68. The molecule has 0 spiro atoms. The van der Waals surface area contributed by atoms with Gasteiger partial charge in [-0.2, -0.15) is 0 Å². The molecule has 1 aliphatic heterocycles. The van der Waals surface area contributed by atoms with Crippen LogP contribution in [0, 0.1) is 5.82 Å². The molecule has 21 heavy (non-hydrogen) atoms. The first kappa shape index (κ1) is 13.4. The van der Waals surface area contributed by atoms with Gasteiger partial charge in [0.05, 0.1) is 18.9 Å². The number of aromatic nitrogens is 3. The van der Waals surface area contributed by atoms with Crippen LogP contribution in [-0.2, 0) is 0 Å². The molecule has 3 heterocycles. The van der Waals surface area contributed by atoms with E-state index in [1.807, 2.05) is 0 Å². The lowest BCUT2D eigenvalue weighted by molar-refractivity contribution is 0.0764. The average molecular weight is 288 g/mol. The second-order valence-electron chi connectivity index (χ2n) is 4.68. The standard InChI is InChI=1S/C14H13FN4O2/c15-10-7-17-14(18-8-10)21-11-4-6-19(9-11)13(20)12-3-1-2-5-16-12/h1-3,5,7-8,11H,4,6,9H2/t11-/m1/s1. The molecule has 0 saturated carbocycles. The SMILES string of the molecule is O=C(c1ccccn1)N1CC[C@@H](Oc2ncc(F)cn2)C1. The number of rotatable bonds is 3. The minimum absolute atomic E-state index is 0.119. The Morgan fingerprint density at radius 1 is 1.29 bits per heavy atom. The van der Waals surface area contributed by atoms with E-state index in [1.165, 1.54) is 0 Å². The van der Waals surface area contributed by atoms with E-state index in [2.05, 4.69) is 15.0 Å². The molecule has 108 valence electrons. The van der Waals surface area contributed by atoms with E-state index in [1.54, 1.807) is 29.3 Å². The van der Waals surface area contributed by atoms with Gasteiger partial charge < -0.3 is 9.64 Å². The molecule has 1 fully saturated rings. The first-order valence-corrected chi connectivity index (χ1v) is 6.57. The van der Waals surface area contributed by atoms with Crippen LogP contribution < -0.4 is 4.74 Å². The lowest BCUT2D eigenvalue weighted by Gasteiger charge is -2.16. The van der Waals surface area contributed by atoms with Crippen LogP contribution in [0.5, 0.6) is 6.01 Å². The van der Waals surface area contributed by atoms with E-state index in [-0.39, 0.29) is 18.0 Å². The number of pyridine rings is 1. The molecule has 0 radical (unpaired) electrons. The monoisotopic (exact) mass is 288 g/mol. The summed E-state index contributed by atoms with van der Waals surface area (Å²) in [5.74, 6) is -0.637. The number of amides is 1. The van der Waals surface area contributed by atoms with E-state index in [0.29, 0.717) is 25.2 Å². The molecule has 1 amide bonds. The van der Waals surface area contributed by atoms with Gasteiger partial charge in [0.1, 0.15) is 11.8 Å². The normalized spacial score (nSPS) is 17.8. The maximum Gasteiger partial charge on any atom is 0.316 e. The zero-order valence-corrected chi connectivity index (χ0v) is 11.1. The first-order valence-electron chi connectivity index (χ1n) is 6.57. The Hall–Kier alpha value is -2.57. The van der Waals surface area contributed by atoms with Crippen LogP contribution in [0.15, 0.2) is 36.8 Å². The quantitative estimate of drug-likeness (QED) is 0.851. The molecule has 1 saturated heterocycles. The Morgan fingerprint density at radius 2 is 2.10 bits per heavy atom. The summed E-state index contributed by atoms with van der Waals surface area (Å²) in [4.78, 5) is 25.4. The highest BCUT2D eigenvalue weighted by molar-refractivity contribution is 5.92. The second kappa shape index (κ2) is 5.82. The van der Waals surface area contributed by atoms with Gasteiger partial charge in [0.25, 0.3) is 5.91 Å². The van der Waals surface area contributed by atoms with Gasteiger partial charge in [0.15, 0.2) is 5.82 Å². The summed E-state index contributed by atoms with van der Waals surface area (Å²) in [5.41, 5.74) is 0.413. The molecule has 0 bridgehead atoms. The highest BCUT2D eigenvalue weighted by Crippen LogP contribution is 2.16. The largest absolute Gasteiger partial charge is 0.458 e. The van der Waals surface area contributed by atoms with Crippen molar-refractivity contribution in [3.63, 3.8) is 0 Å². The fourth-order valence-corrected chi connectivity index (χ4v) is 2.17. The lowest BCUT2D eigenvalue weighted by Crippen LogP contribution is -2.31. The van der Waals surface area contributed by atoms with Crippen molar-refractivity contribution in [2.45, 2.75) is 12.5 Å². The molecular formula is C14H13FN4O2. The van der Waals surface area contributed by atoms with Crippen LogP contribution in [0.3, 0.4) is 0 Å². The molecule has 0 unspecified atom stereocenters. The Balaban J connectivity index is 1.60. The molecule has 6 nitrogen and oxygen atoms in total. The van der Waals surface area contributed by atoms with Gasteiger partial charge in [0.2, 0.25) is 0 Å². The predicted octanol–water partition coefficient (Wildman–Crippen LogP) is 1.30. The maximum absolute atomic E-state index is 12.7. The van der Waals surface area contributed by atoms with Gasteiger partial charge in [0, 0.05) is 19.2 Å². The number of nitrogens with zero attached hydrogens (tertiary/aromatic N) is 4. The predicted molar refractivity (Wildman–Crippen MR) is 71.2 cm³/mol. The number of carbonyl (C=O) groups is 1. The van der Waals surface area contributed by atoms with E-state index in [9.17, 15) is 9.18 Å². The summed E-state index contributed by atoms with van der Waals surface area (Å²) in [5, 5.41) is 0. The number of hydrogen-bond donors (Lipinski definition) is 0. The molecule has 2 aromatic heterocycles. The Labute approximate surface area is 120 Å². The molecule has 0 aromatic carbocycles. The molecule has 1 atom stereocenters. The lowest BCUT2D eigenvalue weighted by atomic mass is 10.3. The van der Waals surface area contributed by atoms with Gasteiger partial charge in [-0.3, -0.25) is 9.78 Å². The van der Waals surface area contributed by atoms with Crippen LogP contribution in [0.25, 0.3) is 0 Å². The summed E-state index contributed by atoms with van der Waals surface area (Å²) in [6.07, 6.45) is 4.17. The van der Waals surface area contributed by atoms with E-state index >= 15 is 0 Å². The number of carbonyl (C=O) groups excluding carboxylic acids is 1. The van der Waals surface area contributed by atoms with Crippen molar-refractivity contribution >= 4 is 5.91 Å². The van der Waals surface area contributed by atoms with E-state index in [4.69, 9.17) is 4.74 Å². The van der Waals surface area contributed by atoms with Gasteiger partial charge in [-0.15, -0.1) is 0 Å². The summed E-state index contributed by atoms with van der Waals surface area (Å²) in [6, 6.07) is 5.34. The molecule has 1 aliphatic rings. The van der Waals surface area contributed by atoms with Gasteiger partial charge in [-0.05, 0) is 12.1 Å². The van der Waals surface area contributed by atoms with Crippen LogP contribution in [0.2, 0.25) is 0 Å². The fraction of sp³-hybridized carbons (Fsp3) is 0.286. The maximum atomic E-state index is 12.7. The Kier molecular flexibility index (Phi) is 3.72. The van der Waals surface area contributed by atoms with Crippen molar-refractivity contribution in [1.29, 1.82) is 0 Å². The Morgan fingerprint density at radius 3 is 2.81 bits per heavy atom. The van der Waals surface area contributed by atoms with E-state index in [0.717, 1.165) is 12.4 Å². The summed E-state index contributed by atoms with van der Waals surface area (Å²) < 4.78 is 18.3. The van der Waals surface area contributed by atoms with Crippen molar-refractivity contribution in [3.8, 4) is 6.01 Å². The molecule has 7 heteroatoms. The smallest absolute Gasteiger partial charge is 0.316 e. The van der Waals surface area contributed by atoms with Crippen LogP contribution in [0.4, 0.5) is 4.39 Å². The van der Waals surface area contributed by atoms with Crippen molar-refractivity contribution in [2.75, 3.05) is 13.1 Å². The molecule has 0 aliphatic carbocycles. The summed E-state index contributed by atoms with van der Waals surface area (Å²) in [7, 11) is 0. The van der Waals surface area contributed by atoms with Crippen LogP contribution in [0.1, 0.15) is 16.9 Å². The number of likely N-dealkylation sites (tertiary alicyclic amines) is 1. The van der Waals surface area contributed by atoms with E-state index < -0.39 is 5.82 Å². The van der Waals surface area contributed by atoms with Crippen LogP contribution in [-0.4, -0.2) is 45.0 Å². The minimum Gasteiger partial charge on any atom is -0.458 e. The van der Waals surface area contributed by atoms with Crippen molar-refractivity contribution in [1.82, 2.24) is 19.9 Å². The summed E-state index contributed by atoms with van der Waals surface area (Å²) >= 11 is 0. The number of halogens is 1. The fourth-order valence-electron chi connectivity index (χ4n) is 2.17. The Bertz CT molecular complexity index is 621. The summed E-state index contributed by atoms with van der Waals surface area (Å²) in [6.45, 7) is 1.03. The van der Waals surface area contributed by atoms with Gasteiger partial charge in [-0.25, -0.2) is 14.4 Å². The van der Waals surface area contributed by atoms with Crippen molar-refractivity contribution in [3.05, 3.63) is 48.3 Å².